The summed E-state index contributed by atoms with van der Waals surface area (Å²) in [4.78, 5) is 13.8. The Balaban J connectivity index is 2.93. The number of rotatable bonds is 1. The summed E-state index contributed by atoms with van der Waals surface area (Å²) in [5.41, 5.74) is -1.18. The highest BCUT2D eigenvalue weighted by Crippen LogP contribution is 2.33. The molecule has 2 atom stereocenters. The van der Waals surface area contributed by atoms with E-state index in [-0.39, 0.29) is 18.2 Å². The van der Waals surface area contributed by atoms with Crippen LogP contribution < -0.4 is 0 Å². The topological polar surface area (TPSA) is 38.8 Å². The molecule has 0 aliphatic carbocycles. The zero-order valence-electron chi connectivity index (χ0n) is 11.6. The van der Waals surface area contributed by atoms with Crippen molar-refractivity contribution in [2.75, 3.05) is 0 Å². The summed E-state index contributed by atoms with van der Waals surface area (Å²) in [6, 6.07) is -0.153. The van der Waals surface area contributed by atoms with E-state index in [1.54, 1.807) is 11.0 Å². The number of amides is 1. The Morgan fingerprint density at radius 2 is 2.00 bits per heavy atom. The number of nitrogens with zero attached hydrogens (tertiary/aromatic N) is 1. The maximum absolute atomic E-state index is 12.2. The average molecular weight is 241 g/mol. The van der Waals surface area contributed by atoms with Gasteiger partial charge in [0, 0.05) is 0 Å². The van der Waals surface area contributed by atoms with Crippen molar-refractivity contribution in [3.05, 3.63) is 12.7 Å². The Morgan fingerprint density at radius 1 is 1.47 bits per heavy atom. The van der Waals surface area contributed by atoms with Crippen LogP contribution in [-0.2, 0) is 9.47 Å². The van der Waals surface area contributed by atoms with Crippen LogP contribution in [0, 0.1) is 0 Å². The molecule has 1 aliphatic heterocycles. The molecule has 4 nitrogen and oxygen atoms in total. The van der Waals surface area contributed by atoms with Gasteiger partial charge in [0.25, 0.3) is 0 Å². The van der Waals surface area contributed by atoms with E-state index in [4.69, 9.17) is 9.47 Å². The number of ether oxygens (including phenoxy) is 2. The molecule has 0 aromatic carbocycles. The van der Waals surface area contributed by atoms with Crippen molar-refractivity contribution in [1.82, 2.24) is 4.90 Å². The minimum Gasteiger partial charge on any atom is -0.444 e. The summed E-state index contributed by atoms with van der Waals surface area (Å²) in [5.74, 6) is 0. The highest BCUT2D eigenvalue weighted by Gasteiger charge is 2.48. The monoisotopic (exact) mass is 241 g/mol. The van der Waals surface area contributed by atoms with E-state index in [0.717, 1.165) is 0 Å². The molecule has 1 saturated heterocycles. The van der Waals surface area contributed by atoms with Crippen LogP contribution in [0.15, 0.2) is 12.7 Å². The molecular formula is C13H23NO3. The van der Waals surface area contributed by atoms with Gasteiger partial charge in [0.1, 0.15) is 11.3 Å². The van der Waals surface area contributed by atoms with Crippen molar-refractivity contribution in [3.8, 4) is 0 Å². The van der Waals surface area contributed by atoms with Crippen LogP contribution in [0.4, 0.5) is 4.79 Å². The molecule has 98 valence electrons. The van der Waals surface area contributed by atoms with Crippen LogP contribution in [0.5, 0.6) is 0 Å². The first-order chi connectivity index (χ1) is 7.58. The lowest BCUT2D eigenvalue weighted by molar-refractivity contribution is -0.0751. The third-order valence-corrected chi connectivity index (χ3v) is 2.67. The summed E-state index contributed by atoms with van der Waals surface area (Å²) in [6.45, 7) is 14.9. The second-order valence-corrected chi connectivity index (χ2v) is 5.85. The predicted molar refractivity (Wildman–Crippen MR) is 66.7 cm³/mol. The van der Waals surface area contributed by atoms with Crippen LogP contribution in [0.3, 0.4) is 0 Å². The highest BCUT2D eigenvalue weighted by atomic mass is 16.6. The quantitative estimate of drug-likeness (QED) is 0.662. The summed E-state index contributed by atoms with van der Waals surface area (Å²) < 4.78 is 11.2. The molecule has 1 heterocycles. The van der Waals surface area contributed by atoms with E-state index < -0.39 is 11.3 Å². The number of carbonyl (C=O) groups excluding carboxylic acids is 1. The predicted octanol–water partition coefficient (Wildman–Crippen LogP) is 2.93. The van der Waals surface area contributed by atoms with E-state index in [2.05, 4.69) is 6.58 Å². The highest BCUT2D eigenvalue weighted by molar-refractivity contribution is 5.70. The zero-order valence-corrected chi connectivity index (χ0v) is 11.6. The average Bonchev–Trinajstić information content (AvgIpc) is 2.31. The molecule has 1 rings (SSSR count). The van der Waals surface area contributed by atoms with Gasteiger partial charge in [0.15, 0.2) is 0 Å². The largest absolute Gasteiger partial charge is 0.444 e. The third-order valence-electron chi connectivity index (χ3n) is 2.67. The fourth-order valence-corrected chi connectivity index (χ4v) is 2.10. The molecular weight excluding hydrogens is 218 g/mol. The molecule has 0 spiro atoms. The molecule has 0 aromatic rings. The van der Waals surface area contributed by atoms with Crippen LogP contribution in [0.2, 0.25) is 0 Å². The van der Waals surface area contributed by atoms with Gasteiger partial charge in [0.05, 0.1) is 12.1 Å². The molecule has 0 bridgehead atoms. The van der Waals surface area contributed by atoms with E-state index in [0.29, 0.717) is 0 Å². The first-order valence-corrected chi connectivity index (χ1v) is 5.91. The molecule has 1 aliphatic rings. The van der Waals surface area contributed by atoms with Gasteiger partial charge in [0.2, 0.25) is 0 Å². The van der Waals surface area contributed by atoms with Crippen molar-refractivity contribution in [2.24, 2.45) is 0 Å². The molecule has 0 unspecified atom stereocenters. The van der Waals surface area contributed by atoms with Gasteiger partial charge in [-0.15, -0.1) is 6.58 Å². The van der Waals surface area contributed by atoms with Crippen molar-refractivity contribution in [2.45, 2.75) is 65.0 Å². The molecule has 1 amide bonds. The van der Waals surface area contributed by atoms with Crippen LogP contribution in [0.1, 0.15) is 41.5 Å². The van der Waals surface area contributed by atoms with Crippen molar-refractivity contribution in [1.29, 1.82) is 0 Å². The van der Waals surface area contributed by atoms with Gasteiger partial charge in [-0.05, 0) is 41.5 Å². The van der Waals surface area contributed by atoms with Crippen LogP contribution in [-0.4, -0.2) is 34.5 Å². The van der Waals surface area contributed by atoms with E-state index in [1.165, 1.54) is 0 Å². The summed E-state index contributed by atoms with van der Waals surface area (Å²) in [6.07, 6.45) is 1.29. The first kappa shape index (κ1) is 14.0. The molecule has 0 saturated carbocycles. The maximum Gasteiger partial charge on any atom is 0.413 e. The smallest absolute Gasteiger partial charge is 0.413 e. The molecule has 17 heavy (non-hydrogen) atoms. The Kier molecular flexibility index (Phi) is 3.58. The minimum absolute atomic E-state index is 0.0741. The number of carbonyl (C=O) groups is 1. The van der Waals surface area contributed by atoms with Gasteiger partial charge in [-0.3, -0.25) is 4.90 Å². The van der Waals surface area contributed by atoms with E-state index in [9.17, 15) is 4.79 Å². The van der Waals surface area contributed by atoms with Crippen LogP contribution in [0.25, 0.3) is 0 Å². The molecule has 4 heteroatoms. The van der Waals surface area contributed by atoms with Gasteiger partial charge < -0.3 is 9.47 Å². The van der Waals surface area contributed by atoms with Gasteiger partial charge in [-0.2, -0.15) is 0 Å². The Bertz CT molecular complexity index is 317. The van der Waals surface area contributed by atoms with Crippen molar-refractivity contribution in [3.63, 3.8) is 0 Å². The first-order valence-electron chi connectivity index (χ1n) is 5.91. The Labute approximate surface area is 104 Å². The Morgan fingerprint density at radius 3 is 2.41 bits per heavy atom. The summed E-state index contributed by atoms with van der Waals surface area (Å²) >= 11 is 0. The second-order valence-electron chi connectivity index (χ2n) is 5.85. The van der Waals surface area contributed by atoms with Crippen LogP contribution >= 0.6 is 0 Å². The molecule has 0 N–H and O–H groups in total. The molecule has 1 fully saturated rings. The zero-order chi connectivity index (χ0) is 13.4. The SMILES string of the molecule is C=C[C@@H]1[C@@H](C)OC(C)(C)N1C(=O)OC(C)(C)C. The molecule has 0 aromatic heterocycles. The van der Waals surface area contributed by atoms with Gasteiger partial charge in [-0.1, -0.05) is 6.08 Å². The lowest BCUT2D eigenvalue weighted by atomic mass is 10.1. The lowest BCUT2D eigenvalue weighted by Crippen LogP contribution is -2.49. The lowest BCUT2D eigenvalue weighted by Gasteiger charge is -2.34. The standard InChI is InChI=1S/C13H23NO3/c1-8-10-9(2)16-13(6,7)14(10)11(15)17-12(3,4)5/h8-10H,1H2,2-7H3/t9-,10-/m1/s1. The summed E-state index contributed by atoms with van der Waals surface area (Å²) in [7, 11) is 0. The van der Waals surface area contributed by atoms with Crippen molar-refractivity contribution < 1.29 is 14.3 Å². The molecule has 0 radical (unpaired) electrons. The fraction of sp³-hybridized carbons (Fsp3) is 0.769. The number of hydrogen-bond acceptors (Lipinski definition) is 3. The van der Waals surface area contributed by atoms with E-state index >= 15 is 0 Å². The normalized spacial score (nSPS) is 28.0. The minimum atomic E-state index is -0.666. The van der Waals surface area contributed by atoms with Gasteiger partial charge in [-0.25, -0.2) is 4.79 Å². The number of hydrogen-bond donors (Lipinski definition) is 0. The second kappa shape index (κ2) is 4.33. The fourth-order valence-electron chi connectivity index (χ4n) is 2.10. The van der Waals surface area contributed by atoms with Crippen molar-refractivity contribution >= 4 is 6.09 Å². The maximum atomic E-state index is 12.2. The Hall–Kier alpha value is -1.03. The van der Waals surface area contributed by atoms with E-state index in [1.807, 2.05) is 41.5 Å². The van der Waals surface area contributed by atoms with Gasteiger partial charge >= 0.3 is 6.09 Å². The summed E-state index contributed by atoms with van der Waals surface area (Å²) in [5, 5.41) is 0. The third kappa shape index (κ3) is 3.00.